The van der Waals surface area contributed by atoms with Crippen molar-refractivity contribution in [2.75, 3.05) is 18.4 Å². The van der Waals surface area contributed by atoms with Crippen molar-refractivity contribution in [3.05, 3.63) is 73.8 Å². The predicted octanol–water partition coefficient (Wildman–Crippen LogP) is 3.08. The summed E-state index contributed by atoms with van der Waals surface area (Å²) >= 11 is 0. The quantitative estimate of drug-likeness (QED) is 0.420. The lowest BCUT2D eigenvalue weighted by atomic mass is 9.97. The molecule has 1 aliphatic rings. The Morgan fingerprint density at radius 3 is 2.83 bits per heavy atom. The number of amides is 2. The first kappa shape index (κ1) is 22.2. The molecule has 1 atom stereocenters. The molecule has 0 spiro atoms. The highest BCUT2D eigenvalue weighted by molar-refractivity contribution is 5.93. The summed E-state index contributed by atoms with van der Waals surface area (Å²) in [6.45, 7) is 4.58. The Hall–Kier alpha value is -4.60. The fourth-order valence-corrected chi connectivity index (χ4v) is 4.08. The summed E-state index contributed by atoms with van der Waals surface area (Å²) < 4.78 is 1.69. The van der Waals surface area contributed by atoms with Crippen LogP contribution in [-0.4, -0.2) is 59.7 Å². The normalized spacial score (nSPS) is 15.5. The molecule has 0 bridgehead atoms. The number of pyridine rings is 2. The van der Waals surface area contributed by atoms with Crippen LogP contribution in [0.15, 0.2) is 73.8 Å². The highest BCUT2D eigenvalue weighted by Gasteiger charge is 2.27. The zero-order valence-corrected chi connectivity index (χ0v) is 19.0. The number of likely N-dealkylation sites (tertiary alicyclic amines) is 1. The number of aromatic nitrogens is 6. The molecule has 5 heterocycles. The average molecular weight is 469 g/mol. The van der Waals surface area contributed by atoms with Gasteiger partial charge in [-0.2, -0.15) is 10.2 Å². The van der Waals surface area contributed by atoms with Gasteiger partial charge < -0.3 is 10.2 Å². The largest absolute Gasteiger partial charge is 0.338 e. The van der Waals surface area contributed by atoms with Crippen LogP contribution < -0.4 is 5.32 Å². The number of anilines is 1. The summed E-state index contributed by atoms with van der Waals surface area (Å²) in [6, 6.07) is 11.2. The molecular weight excluding hydrogens is 444 g/mol. The van der Waals surface area contributed by atoms with Crippen LogP contribution in [0.25, 0.3) is 28.5 Å². The van der Waals surface area contributed by atoms with Crippen LogP contribution in [0.5, 0.6) is 0 Å². The minimum absolute atomic E-state index is 0.114. The first-order chi connectivity index (χ1) is 17.1. The molecule has 10 heteroatoms. The Morgan fingerprint density at radius 1 is 1.14 bits per heavy atom. The lowest BCUT2D eigenvalue weighted by Crippen LogP contribution is -2.43. The van der Waals surface area contributed by atoms with Crippen LogP contribution in [0.3, 0.4) is 0 Å². The van der Waals surface area contributed by atoms with Crippen LogP contribution in [0.1, 0.15) is 12.8 Å². The van der Waals surface area contributed by atoms with Crippen molar-refractivity contribution < 1.29 is 9.59 Å². The molecule has 176 valence electrons. The highest BCUT2D eigenvalue weighted by Crippen LogP contribution is 2.22. The number of nitrogens with zero attached hydrogens (tertiary/aromatic N) is 6. The Bertz CT molecular complexity index is 1340. The summed E-state index contributed by atoms with van der Waals surface area (Å²) in [4.78, 5) is 35.4. The molecule has 0 radical (unpaired) electrons. The van der Waals surface area contributed by atoms with E-state index in [1.165, 1.54) is 6.08 Å². The van der Waals surface area contributed by atoms with Crippen molar-refractivity contribution in [2.24, 2.45) is 5.92 Å². The van der Waals surface area contributed by atoms with Gasteiger partial charge in [-0.25, -0.2) is 9.67 Å². The second kappa shape index (κ2) is 9.72. The number of carbonyl (C=O) groups is 2. The Kier molecular flexibility index (Phi) is 6.16. The molecule has 4 aromatic rings. The number of nitrogens with one attached hydrogen (secondary N) is 2. The predicted molar refractivity (Wildman–Crippen MR) is 130 cm³/mol. The second-order valence-electron chi connectivity index (χ2n) is 8.27. The van der Waals surface area contributed by atoms with Crippen molar-refractivity contribution in [1.82, 2.24) is 34.8 Å². The Balaban J connectivity index is 1.25. The van der Waals surface area contributed by atoms with Gasteiger partial charge in [0.25, 0.3) is 0 Å². The van der Waals surface area contributed by atoms with Gasteiger partial charge in [0.15, 0.2) is 5.82 Å². The van der Waals surface area contributed by atoms with E-state index in [0.717, 1.165) is 35.5 Å². The maximum Gasteiger partial charge on any atom is 0.245 e. The number of hydrogen-bond acceptors (Lipinski definition) is 6. The van der Waals surface area contributed by atoms with Gasteiger partial charge in [-0.1, -0.05) is 12.6 Å². The van der Waals surface area contributed by atoms with Crippen LogP contribution in [-0.2, 0) is 9.59 Å². The van der Waals surface area contributed by atoms with Crippen molar-refractivity contribution in [3.8, 4) is 28.5 Å². The Morgan fingerprint density at radius 2 is 2.06 bits per heavy atom. The first-order valence-electron chi connectivity index (χ1n) is 11.3. The zero-order valence-electron chi connectivity index (χ0n) is 19.0. The number of rotatable bonds is 6. The van der Waals surface area contributed by atoms with Gasteiger partial charge in [0, 0.05) is 31.0 Å². The zero-order chi connectivity index (χ0) is 24.2. The molecule has 5 rings (SSSR count). The molecule has 35 heavy (non-hydrogen) atoms. The van der Waals surface area contributed by atoms with E-state index in [0.29, 0.717) is 24.6 Å². The van der Waals surface area contributed by atoms with Crippen LogP contribution in [0, 0.1) is 5.92 Å². The minimum atomic E-state index is -0.254. The van der Waals surface area contributed by atoms with E-state index >= 15 is 0 Å². The van der Waals surface area contributed by atoms with E-state index in [9.17, 15) is 9.59 Å². The third-order valence-electron chi connectivity index (χ3n) is 5.93. The van der Waals surface area contributed by atoms with Crippen molar-refractivity contribution in [1.29, 1.82) is 0 Å². The molecule has 2 amide bonds. The standard InChI is InChI=1S/C25H24N8O2/c1-2-24(34)32-12-4-5-17(15-32)25(35)29-19-8-9-20(26-14-19)18-13-28-33(16-18)23-7-3-6-21(30-23)22-10-11-27-31-22/h2-3,6-11,13-14,16-17H,1,4-5,12,15H2,(H,27,31)(H,29,35). The van der Waals surface area contributed by atoms with Crippen molar-refractivity contribution in [2.45, 2.75) is 12.8 Å². The third-order valence-corrected chi connectivity index (χ3v) is 5.93. The maximum atomic E-state index is 12.7. The fourth-order valence-electron chi connectivity index (χ4n) is 4.08. The van der Waals surface area contributed by atoms with Crippen molar-refractivity contribution >= 4 is 17.5 Å². The molecule has 0 saturated carbocycles. The first-order valence-corrected chi connectivity index (χ1v) is 11.3. The minimum Gasteiger partial charge on any atom is -0.338 e. The van der Waals surface area contributed by atoms with Gasteiger partial charge in [-0.05, 0) is 49.2 Å². The van der Waals surface area contributed by atoms with Gasteiger partial charge in [-0.3, -0.25) is 19.7 Å². The smallest absolute Gasteiger partial charge is 0.245 e. The third kappa shape index (κ3) is 4.86. The van der Waals surface area contributed by atoms with Gasteiger partial charge >= 0.3 is 0 Å². The summed E-state index contributed by atoms with van der Waals surface area (Å²) in [5.41, 5.74) is 3.74. The van der Waals surface area contributed by atoms with E-state index < -0.39 is 0 Å². The SMILES string of the molecule is C=CC(=O)N1CCCC(C(=O)Nc2ccc(-c3cnn(-c4cccc(-c5ccn[nH]5)n4)c3)nc2)C1. The maximum absolute atomic E-state index is 12.7. The topological polar surface area (TPSA) is 122 Å². The van der Waals surface area contributed by atoms with Crippen LogP contribution in [0.4, 0.5) is 5.69 Å². The molecule has 0 aromatic carbocycles. The molecule has 4 aromatic heterocycles. The van der Waals surface area contributed by atoms with Crippen molar-refractivity contribution in [3.63, 3.8) is 0 Å². The molecule has 1 fully saturated rings. The molecule has 2 N–H and O–H groups in total. The van der Waals surface area contributed by atoms with Gasteiger partial charge in [-0.15, -0.1) is 0 Å². The van der Waals surface area contributed by atoms with Gasteiger partial charge in [0.1, 0.15) is 0 Å². The van der Waals surface area contributed by atoms with E-state index in [2.05, 4.69) is 37.2 Å². The number of aromatic amines is 1. The summed E-state index contributed by atoms with van der Waals surface area (Å²) in [5.74, 6) is 0.161. The van der Waals surface area contributed by atoms with E-state index in [1.54, 1.807) is 28.2 Å². The monoisotopic (exact) mass is 468 g/mol. The number of hydrogen-bond donors (Lipinski definition) is 2. The van der Waals surface area contributed by atoms with Gasteiger partial charge in [0.2, 0.25) is 11.8 Å². The molecule has 0 aliphatic carbocycles. The summed E-state index contributed by atoms with van der Waals surface area (Å²) in [5, 5.41) is 14.2. The van der Waals surface area contributed by atoms with E-state index in [-0.39, 0.29) is 17.7 Å². The highest BCUT2D eigenvalue weighted by atomic mass is 16.2. The van der Waals surface area contributed by atoms with E-state index in [4.69, 9.17) is 0 Å². The van der Waals surface area contributed by atoms with Crippen LogP contribution >= 0.6 is 0 Å². The fraction of sp³-hybridized carbons (Fsp3) is 0.200. The number of H-pyrrole nitrogens is 1. The second-order valence-corrected chi connectivity index (χ2v) is 8.27. The average Bonchev–Trinajstić information content (AvgIpc) is 3.62. The molecule has 1 aliphatic heterocycles. The number of piperidine rings is 1. The number of carbonyl (C=O) groups excluding carboxylic acids is 2. The summed E-state index contributed by atoms with van der Waals surface area (Å²) in [7, 11) is 0. The Labute approximate surface area is 201 Å². The van der Waals surface area contributed by atoms with E-state index in [1.807, 2.05) is 42.6 Å². The van der Waals surface area contributed by atoms with Crippen LogP contribution in [0.2, 0.25) is 0 Å². The molecular formula is C25H24N8O2. The van der Waals surface area contributed by atoms with Gasteiger partial charge in [0.05, 0.1) is 41.1 Å². The summed E-state index contributed by atoms with van der Waals surface area (Å²) in [6.07, 6.45) is 9.70. The molecule has 10 nitrogen and oxygen atoms in total. The molecule has 1 unspecified atom stereocenters. The molecule has 1 saturated heterocycles. The lowest BCUT2D eigenvalue weighted by Gasteiger charge is -2.31. The lowest BCUT2D eigenvalue weighted by molar-refractivity contribution is -0.130.